The van der Waals surface area contributed by atoms with Crippen LogP contribution in [0.25, 0.3) is 11.2 Å². The normalized spacial score (nSPS) is 10.7. The molecule has 0 unspecified atom stereocenters. The van der Waals surface area contributed by atoms with Crippen LogP contribution in [0, 0.1) is 11.3 Å². The molecule has 0 radical (unpaired) electrons. The highest BCUT2D eigenvalue weighted by atomic mass is 35.5. The number of methoxy groups -OCH3 is 1. The van der Waals surface area contributed by atoms with Crippen LogP contribution in [0.4, 0.5) is 0 Å². The van der Waals surface area contributed by atoms with E-state index in [1.165, 1.54) is 0 Å². The molecule has 0 aliphatic heterocycles. The average molecular weight is 344 g/mol. The van der Waals surface area contributed by atoms with Crippen molar-refractivity contribution in [1.29, 1.82) is 5.26 Å². The third-order valence-corrected chi connectivity index (χ3v) is 3.62. The first kappa shape index (κ1) is 16.2. The number of ether oxygens (including phenoxy) is 2. The Balaban J connectivity index is 1.88. The third kappa shape index (κ3) is 3.45. The van der Waals surface area contributed by atoms with E-state index in [0.29, 0.717) is 36.5 Å². The molecule has 0 aliphatic carbocycles. The molecule has 7 nitrogen and oxygen atoms in total. The second kappa shape index (κ2) is 7.25. The molecule has 0 N–H and O–H groups in total. The Labute approximate surface area is 143 Å². The molecule has 3 aromatic rings. The maximum Gasteiger partial charge on any atom is 0.320 e. The summed E-state index contributed by atoms with van der Waals surface area (Å²) in [6.07, 6.45) is 1.66. The highest BCUT2D eigenvalue weighted by Gasteiger charge is 2.13. The first-order valence-corrected chi connectivity index (χ1v) is 7.58. The van der Waals surface area contributed by atoms with E-state index in [9.17, 15) is 0 Å². The van der Waals surface area contributed by atoms with Gasteiger partial charge in [0, 0.05) is 7.11 Å². The van der Waals surface area contributed by atoms with Crippen molar-refractivity contribution in [2.45, 2.75) is 6.54 Å². The van der Waals surface area contributed by atoms with Gasteiger partial charge in [-0.05, 0) is 17.7 Å². The number of nitriles is 1. The van der Waals surface area contributed by atoms with Crippen LogP contribution < -0.4 is 4.74 Å². The van der Waals surface area contributed by atoms with Crippen molar-refractivity contribution in [3.05, 3.63) is 46.9 Å². The molecule has 122 valence electrons. The first-order valence-electron chi connectivity index (χ1n) is 7.20. The standard InChI is InChI=1S/C16H14ClN5O2/c1-23-6-7-24-16-20-14(17)13-15(21-16)22(10-19-13)9-12-4-2-11(8-18)3-5-12/h2-5,10H,6-7,9H2,1H3. The van der Waals surface area contributed by atoms with E-state index >= 15 is 0 Å². The van der Waals surface area contributed by atoms with Crippen LogP contribution in [0.1, 0.15) is 11.1 Å². The van der Waals surface area contributed by atoms with Crippen LogP contribution in [-0.4, -0.2) is 39.8 Å². The highest BCUT2D eigenvalue weighted by molar-refractivity contribution is 6.33. The molecule has 0 bridgehead atoms. The number of imidazole rings is 1. The van der Waals surface area contributed by atoms with Gasteiger partial charge in [-0.15, -0.1) is 0 Å². The van der Waals surface area contributed by atoms with Gasteiger partial charge in [0.05, 0.1) is 31.1 Å². The Hall–Kier alpha value is -2.69. The minimum atomic E-state index is 0.186. The van der Waals surface area contributed by atoms with Gasteiger partial charge in [0.1, 0.15) is 12.1 Å². The molecule has 0 atom stereocenters. The number of hydrogen-bond acceptors (Lipinski definition) is 6. The fourth-order valence-corrected chi connectivity index (χ4v) is 2.37. The van der Waals surface area contributed by atoms with Gasteiger partial charge in [0.2, 0.25) is 0 Å². The van der Waals surface area contributed by atoms with Gasteiger partial charge in [-0.25, -0.2) is 4.98 Å². The van der Waals surface area contributed by atoms with Crippen molar-refractivity contribution in [1.82, 2.24) is 19.5 Å². The molecule has 0 saturated carbocycles. The van der Waals surface area contributed by atoms with Gasteiger partial charge in [-0.3, -0.25) is 0 Å². The summed E-state index contributed by atoms with van der Waals surface area (Å²) in [7, 11) is 1.59. The summed E-state index contributed by atoms with van der Waals surface area (Å²) >= 11 is 6.16. The summed E-state index contributed by atoms with van der Waals surface area (Å²) in [5.74, 6) is 0. The van der Waals surface area contributed by atoms with Crippen LogP contribution in [0.5, 0.6) is 6.01 Å². The molecule has 0 spiro atoms. The second-order valence-electron chi connectivity index (χ2n) is 4.99. The highest BCUT2D eigenvalue weighted by Crippen LogP contribution is 2.22. The van der Waals surface area contributed by atoms with Crippen LogP contribution in [0.3, 0.4) is 0 Å². The SMILES string of the molecule is COCCOc1nc(Cl)c2ncn(Cc3ccc(C#N)cc3)c2n1. The van der Waals surface area contributed by atoms with Crippen molar-refractivity contribution < 1.29 is 9.47 Å². The lowest BCUT2D eigenvalue weighted by atomic mass is 10.1. The van der Waals surface area contributed by atoms with Crippen molar-refractivity contribution in [2.75, 3.05) is 20.3 Å². The van der Waals surface area contributed by atoms with Gasteiger partial charge in [0.15, 0.2) is 10.8 Å². The quantitative estimate of drug-likeness (QED) is 0.504. The number of benzene rings is 1. The topological polar surface area (TPSA) is 85.9 Å². The maximum atomic E-state index is 8.86. The number of halogens is 1. The zero-order valence-corrected chi connectivity index (χ0v) is 13.7. The molecule has 0 saturated heterocycles. The molecule has 1 aromatic carbocycles. The van der Waals surface area contributed by atoms with E-state index in [4.69, 9.17) is 26.3 Å². The molecule has 0 fully saturated rings. The Morgan fingerprint density at radius 3 is 2.71 bits per heavy atom. The minimum Gasteiger partial charge on any atom is -0.461 e. The number of rotatable bonds is 6. The summed E-state index contributed by atoms with van der Waals surface area (Å²) in [6, 6.07) is 9.62. The van der Waals surface area contributed by atoms with Gasteiger partial charge in [-0.1, -0.05) is 23.7 Å². The second-order valence-corrected chi connectivity index (χ2v) is 5.35. The van der Waals surface area contributed by atoms with Crippen LogP contribution in [0.2, 0.25) is 5.15 Å². The van der Waals surface area contributed by atoms with E-state index in [0.717, 1.165) is 5.56 Å². The van der Waals surface area contributed by atoms with Crippen LogP contribution in [-0.2, 0) is 11.3 Å². The van der Waals surface area contributed by atoms with Gasteiger partial charge in [-0.2, -0.15) is 15.2 Å². The average Bonchev–Trinajstić information content (AvgIpc) is 2.99. The van der Waals surface area contributed by atoms with E-state index in [2.05, 4.69) is 21.0 Å². The van der Waals surface area contributed by atoms with Crippen molar-refractivity contribution in [3.8, 4) is 12.1 Å². The van der Waals surface area contributed by atoms with Gasteiger partial charge in [0.25, 0.3) is 0 Å². The molecular formula is C16H14ClN5O2. The van der Waals surface area contributed by atoms with Gasteiger partial charge >= 0.3 is 6.01 Å². The largest absolute Gasteiger partial charge is 0.461 e. The van der Waals surface area contributed by atoms with Crippen LogP contribution in [0.15, 0.2) is 30.6 Å². The Bertz CT molecular complexity index is 886. The lowest BCUT2D eigenvalue weighted by Crippen LogP contribution is -2.08. The molecule has 0 amide bonds. The molecule has 24 heavy (non-hydrogen) atoms. The minimum absolute atomic E-state index is 0.186. The fraction of sp³-hybridized carbons (Fsp3) is 0.250. The Morgan fingerprint density at radius 1 is 1.21 bits per heavy atom. The third-order valence-electron chi connectivity index (χ3n) is 3.36. The summed E-state index contributed by atoms with van der Waals surface area (Å²) in [5, 5.41) is 9.10. The lowest BCUT2D eigenvalue weighted by molar-refractivity contribution is 0.141. The first-order chi connectivity index (χ1) is 11.7. The molecule has 3 rings (SSSR count). The maximum absolute atomic E-state index is 8.86. The van der Waals surface area contributed by atoms with Crippen LogP contribution >= 0.6 is 11.6 Å². The summed E-state index contributed by atoms with van der Waals surface area (Å²) in [6.45, 7) is 1.32. The molecule has 8 heteroatoms. The van der Waals surface area contributed by atoms with Crippen molar-refractivity contribution in [3.63, 3.8) is 0 Å². The van der Waals surface area contributed by atoms with Crippen molar-refractivity contribution >= 4 is 22.8 Å². The van der Waals surface area contributed by atoms with E-state index in [1.54, 1.807) is 25.6 Å². The number of hydrogen-bond donors (Lipinski definition) is 0. The number of fused-ring (bicyclic) bond motifs is 1. The monoisotopic (exact) mass is 343 g/mol. The lowest BCUT2D eigenvalue weighted by Gasteiger charge is -2.07. The summed E-state index contributed by atoms with van der Waals surface area (Å²) < 4.78 is 12.2. The molecule has 2 aromatic heterocycles. The zero-order chi connectivity index (χ0) is 16.9. The Kier molecular flexibility index (Phi) is 4.89. The van der Waals surface area contributed by atoms with Crippen molar-refractivity contribution in [2.24, 2.45) is 0 Å². The predicted molar refractivity (Wildman–Crippen MR) is 88.0 cm³/mol. The predicted octanol–water partition coefficient (Wildman–Crippen LogP) is 2.42. The van der Waals surface area contributed by atoms with E-state index in [1.807, 2.05) is 16.7 Å². The van der Waals surface area contributed by atoms with E-state index in [-0.39, 0.29) is 11.2 Å². The zero-order valence-electron chi connectivity index (χ0n) is 12.9. The fourth-order valence-electron chi connectivity index (χ4n) is 2.17. The smallest absolute Gasteiger partial charge is 0.320 e. The number of aromatic nitrogens is 4. The molecule has 0 aliphatic rings. The Morgan fingerprint density at radius 2 is 2.00 bits per heavy atom. The summed E-state index contributed by atoms with van der Waals surface area (Å²) in [4.78, 5) is 12.7. The summed E-state index contributed by atoms with van der Waals surface area (Å²) in [5.41, 5.74) is 2.74. The molecular weight excluding hydrogens is 330 g/mol. The van der Waals surface area contributed by atoms with E-state index < -0.39 is 0 Å². The van der Waals surface area contributed by atoms with Gasteiger partial charge < -0.3 is 14.0 Å². The molecule has 2 heterocycles. The number of nitrogens with zero attached hydrogens (tertiary/aromatic N) is 5.